The van der Waals surface area contributed by atoms with E-state index in [9.17, 15) is 9.59 Å². The van der Waals surface area contributed by atoms with Crippen LogP contribution in [0.15, 0.2) is 34.7 Å². The minimum atomic E-state index is -0.578. The smallest absolute Gasteiger partial charge is 0.294 e. The predicted octanol–water partition coefficient (Wildman–Crippen LogP) is 1.72. The fourth-order valence-corrected chi connectivity index (χ4v) is 1.92. The van der Waals surface area contributed by atoms with E-state index in [-0.39, 0.29) is 17.5 Å². The zero-order valence-electron chi connectivity index (χ0n) is 13.7. The Morgan fingerprint density at radius 3 is 2.56 bits per heavy atom. The Hall–Kier alpha value is -3.05. The van der Waals surface area contributed by atoms with Crippen molar-refractivity contribution in [3.8, 4) is 5.75 Å². The van der Waals surface area contributed by atoms with Gasteiger partial charge in [-0.25, -0.2) is 0 Å². The largest absolute Gasteiger partial charge is 0.484 e. The first-order valence-electron chi connectivity index (χ1n) is 7.46. The van der Waals surface area contributed by atoms with Gasteiger partial charge in [0, 0.05) is 6.07 Å². The van der Waals surface area contributed by atoms with Crippen molar-refractivity contribution >= 4 is 29.1 Å². The number of rotatable bonds is 5. The van der Waals surface area contributed by atoms with Crippen molar-refractivity contribution in [3.63, 3.8) is 0 Å². The third-order valence-corrected chi connectivity index (χ3v) is 3.31. The first-order valence-corrected chi connectivity index (χ1v) is 7.87. The number of hydrogen-bond acceptors (Lipinski definition) is 5. The molecule has 1 aromatic heterocycles. The van der Waals surface area contributed by atoms with Crippen LogP contribution in [-0.2, 0) is 4.79 Å². The van der Waals surface area contributed by atoms with E-state index in [1.165, 1.54) is 11.6 Å². The summed E-state index contributed by atoms with van der Waals surface area (Å²) in [6.07, 6.45) is 2.27. The number of carbonyl (C=O) groups is 2. The molecule has 1 aromatic carbocycles. The minimum Gasteiger partial charge on any atom is -0.484 e. The molecular weight excluding hydrogens is 342 g/mol. The second kappa shape index (κ2) is 8.70. The second-order valence-corrected chi connectivity index (χ2v) is 5.73. The Kier molecular flexibility index (Phi) is 6.37. The lowest BCUT2D eigenvalue weighted by molar-refractivity contribution is -0.123. The van der Waals surface area contributed by atoms with Crippen LogP contribution in [0.1, 0.15) is 35.9 Å². The molecule has 8 heteroatoms. The molecule has 0 fully saturated rings. The Balaban J connectivity index is 1.69. The lowest BCUT2D eigenvalue weighted by Crippen LogP contribution is -2.49. The zero-order chi connectivity index (χ0) is 18.2. The van der Waals surface area contributed by atoms with Gasteiger partial charge >= 0.3 is 0 Å². The fraction of sp³-hybridized carbons (Fsp3) is 0.235. The third-order valence-electron chi connectivity index (χ3n) is 3.11. The van der Waals surface area contributed by atoms with E-state index in [1.54, 1.807) is 12.1 Å². The molecule has 25 heavy (non-hydrogen) atoms. The maximum Gasteiger partial charge on any atom is 0.294 e. The molecule has 0 aliphatic rings. The Morgan fingerprint density at radius 1 is 1.24 bits per heavy atom. The molecule has 3 N–H and O–H groups in total. The molecule has 0 unspecified atom stereocenters. The van der Waals surface area contributed by atoms with Crippen molar-refractivity contribution in [1.82, 2.24) is 16.2 Å². The van der Waals surface area contributed by atoms with E-state index < -0.39 is 11.8 Å². The van der Waals surface area contributed by atoms with Crippen LogP contribution in [0.5, 0.6) is 5.75 Å². The Morgan fingerprint density at radius 2 is 1.96 bits per heavy atom. The van der Waals surface area contributed by atoms with Crippen molar-refractivity contribution in [2.75, 3.05) is 6.61 Å². The maximum absolute atomic E-state index is 11.7. The topological polar surface area (TPSA) is 92.6 Å². The first-order chi connectivity index (χ1) is 12.0. The number of hydrazine groups is 1. The van der Waals surface area contributed by atoms with Gasteiger partial charge in [-0.15, -0.1) is 0 Å². The normalized spacial score (nSPS) is 9.88. The number of thiocarbonyl (C=S) groups is 1. The van der Waals surface area contributed by atoms with Gasteiger partial charge in [0.1, 0.15) is 12.0 Å². The van der Waals surface area contributed by atoms with Gasteiger partial charge in [0.15, 0.2) is 11.7 Å². The molecule has 0 radical (unpaired) electrons. The number of amides is 2. The number of hydrogen-bond donors (Lipinski definition) is 3. The zero-order valence-corrected chi connectivity index (χ0v) is 14.5. The van der Waals surface area contributed by atoms with Gasteiger partial charge in [-0.2, -0.15) is 0 Å². The summed E-state index contributed by atoms with van der Waals surface area (Å²) >= 11 is 4.88. The van der Waals surface area contributed by atoms with Crippen molar-refractivity contribution in [1.29, 1.82) is 0 Å². The van der Waals surface area contributed by atoms with E-state index in [1.807, 2.05) is 12.1 Å². The number of nitrogens with one attached hydrogen (secondary N) is 3. The Bertz CT molecular complexity index is 727. The van der Waals surface area contributed by atoms with E-state index >= 15 is 0 Å². The first kappa shape index (κ1) is 18.3. The van der Waals surface area contributed by atoms with Crippen LogP contribution in [-0.4, -0.2) is 23.5 Å². The molecule has 0 aliphatic carbocycles. The van der Waals surface area contributed by atoms with Gasteiger partial charge in [0.05, 0.1) is 0 Å². The maximum atomic E-state index is 11.7. The van der Waals surface area contributed by atoms with E-state index in [4.69, 9.17) is 21.4 Å². The Labute approximate surface area is 150 Å². The summed E-state index contributed by atoms with van der Waals surface area (Å²) in [5.74, 6) is -0.0194. The summed E-state index contributed by atoms with van der Waals surface area (Å²) in [7, 11) is 0. The molecule has 1 heterocycles. The molecule has 2 rings (SSSR count). The van der Waals surface area contributed by atoms with Crippen LogP contribution in [0.25, 0.3) is 0 Å². The summed E-state index contributed by atoms with van der Waals surface area (Å²) in [6.45, 7) is 3.99. The van der Waals surface area contributed by atoms with E-state index in [2.05, 4.69) is 42.3 Å². The van der Waals surface area contributed by atoms with Gasteiger partial charge in [-0.05, 0) is 41.9 Å². The third kappa shape index (κ3) is 5.82. The lowest BCUT2D eigenvalue weighted by atomic mass is 10.0. The van der Waals surface area contributed by atoms with Crippen LogP contribution in [0, 0.1) is 12.3 Å². The van der Waals surface area contributed by atoms with Crippen molar-refractivity contribution in [3.05, 3.63) is 54.0 Å². The second-order valence-electron chi connectivity index (χ2n) is 5.33. The van der Waals surface area contributed by atoms with Crippen LogP contribution in [0.2, 0.25) is 0 Å². The van der Waals surface area contributed by atoms with Crippen LogP contribution >= 0.6 is 12.2 Å². The van der Waals surface area contributed by atoms with Gasteiger partial charge < -0.3 is 9.15 Å². The minimum absolute atomic E-state index is 0.00338. The standard InChI is InChI=1S/C17H17N3O4S/c1-11(2)12-5-7-13(8-6-12)24-10-15(21)19-20-17(25)18-16(22)14-4-3-9-23-14/h4-8,11H,10H2,1-2H3,(H,19,21)(H2,18,20,22,25). The average Bonchev–Trinajstić information content (AvgIpc) is 3.13. The molecule has 7 nitrogen and oxygen atoms in total. The highest BCUT2D eigenvalue weighted by Crippen LogP contribution is 2.18. The molecule has 0 saturated carbocycles. The summed E-state index contributed by atoms with van der Waals surface area (Å²) in [6, 6.07) is 11.3. The van der Waals surface area contributed by atoms with Crippen LogP contribution < -0.4 is 20.9 Å². The SMILES string of the molecule is CC(C)c1ccc(OCC(=O)NNC(=S)NC(=O)c2cc#co2)cc1. The van der Waals surface area contributed by atoms with Gasteiger partial charge in [0.25, 0.3) is 11.8 Å². The molecule has 0 bridgehead atoms. The summed E-state index contributed by atoms with van der Waals surface area (Å²) in [5, 5.41) is 2.23. The monoisotopic (exact) mass is 359 g/mol. The van der Waals surface area contributed by atoms with Crippen LogP contribution in [0.4, 0.5) is 0 Å². The number of carbonyl (C=O) groups excluding carboxylic acids is 2. The molecule has 2 amide bonds. The lowest BCUT2D eigenvalue weighted by Gasteiger charge is -2.11. The van der Waals surface area contributed by atoms with Crippen molar-refractivity contribution < 1.29 is 18.7 Å². The summed E-state index contributed by atoms with van der Waals surface area (Å²) < 4.78 is 10.1. The highest BCUT2D eigenvalue weighted by molar-refractivity contribution is 7.80. The van der Waals surface area contributed by atoms with E-state index in [0.29, 0.717) is 11.7 Å². The molecule has 2 aromatic rings. The summed E-state index contributed by atoms with van der Waals surface area (Å²) in [4.78, 5) is 23.3. The van der Waals surface area contributed by atoms with Gasteiger partial charge in [-0.3, -0.25) is 25.8 Å². The summed E-state index contributed by atoms with van der Waals surface area (Å²) in [5.41, 5.74) is 5.90. The molecule has 0 saturated heterocycles. The predicted molar refractivity (Wildman–Crippen MR) is 93.7 cm³/mol. The number of ether oxygens (including phenoxy) is 1. The number of benzene rings is 1. The molecule has 0 atom stereocenters. The van der Waals surface area contributed by atoms with E-state index in [0.717, 1.165) is 0 Å². The van der Waals surface area contributed by atoms with Gasteiger partial charge in [-0.1, -0.05) is 26.0 Å². The molecule has 130 valence electrons. The molecule has 0 aliphatic heterocycles. The fourth-order valence-electron chi connectivity index (χ4n) is 1.78. The average molecular weight is 359 g/mol. The molecular formula is C17H17N3O4S. The van der Waals surface area contributed by atoms with Crippen LogP contribution in [0.3, 0.4) is 0 Å². The van der Waals surface area contributed by atoms with Gasteiger partial charge in [0.2, 0.25) is 5.76 Å². The highest BCUT2D eigenvalue weighted by Gasteiger charge is 2.11. The highest BCUT2D eigenvalue weighted by atomic mass is 32.1. The van der Waals surface area contributed by atoms with Crippen molar-refractivity contribution in [2.45, 2.75) is 19.8 Å². The quantitative estimate of drug-likeness (QED) is 0.556. The van der Waals surface area contributed by atoms with Crippen molar-refractivity contribution in [2.24, 2.45) is 0 Å². The molecule has 0 spiro atoms.